The van der Waals surface area contributed by atoms with Gasteiger partial charge in [-0.2, -0.15) is 10.2 Å². The Labute approximate surface area is 123 Å². The number of nitrogens with one attached hydrogen (secondary N) is 1. The Kier molecular flexibility index (Phi) is 3.98. The number of carbonyl (C=O) groups excluding carboxylic acids is 1. The number of nitrogens with zero attached hydrogens (tertiary/aromatic N) is 4. The van der Waals surface area contributed by atoms with Crippen molar-refractivity contribution in [3.05, 3.63) is 24.2 Å². The van der Waals surface area contributed by atoms with Crippen molar-refractivity contribution in [3.8, 4) is 0 Å². The van der Waals surface area contributed by atoms with Crippen LogP contribution in [0.1, 0.15) is 38.4 Å². The highest BCUT2D eigenvalue weighted by molar-refractivity contribution is 5.83. The predicted octanol–water partition coefficient (Wildman–Crippen LogP) is 2.11. The Morgan fingerprint density at radius 2 is 2.43 bits per heavy atom. The van der Waals surface area contributed by atoms with Crippen molar-refractivity contribution in [2.75, 3.05) is 0 Å². The van der Waals surface area contributed by atoms with Gasteiger partial charge in [0.2, 0.25) is 0 Å². The number of hydrazone groups is 1. The summed E-state index contributed by atoms with van der Waals surface area (Å²) in [7, 11) is 0. The van der Waals surface area contributed by atoms with Crippen molar-refractivity contribution in [1.82, 2.24) is 10.4 Å². The van der Waals surface area contributed by atoms with Crippen LogP contribution >= 0.6 is 0 Å². The van der Waals surface area contributed by atoms with Crippen LogP contribution in [0.4, 0.5) is 0 Å². The molecule has 1 aliphatic carbocycles. The zero-order valence-corrected chi connectivity index (χ0v) is 12.0. The van der Waals surface area contributed by atoms with Gasteiger partial charge in [0.05, 0.1) is 24.6 Å². The molecule has 1 fully saturated rings. The van der Waals surface area contributed by atoms with Crippen molar-refractivity contribution < 1.29 is 9.21 Å². The minimum atomic E-state index is -0.379. The smallest absolute Gasteiger partial charge is 0.264 e. The average Bonchev–Trinajstić information content (AvgIpc) is 3.15. The second kappa shape index (κ2) is 6.07. The highest BCUT2D eigenvalue weighted by Gasteiger charge is 2.38. The summed E-state index contributed by atoms with van der Waals surface area (Å²) in [5.41, 5.74) is 2.52. The van der Waals surface area contributed by atoms with Gasteiger partial charge in [-0.1, -0.05) is 18.1 Å². The van der Waals surface area contributed by atoms with Crippen LogP contribution in [0.2, 0.25) is 0 Å². The number of hydrogen-bond acceptors (Lipinski definition) is 6. The SMILES string of the molecule is CC(C(=O)N/N=C/c1ccco1)N1N=N[C@H]2CCCCC21. The van der Waals surface area contributed by atoms with Crippen LogP contribution in [0.3, 0.4) is 0 Å². The van der Waals surface area contributed by atoms with Gasteiger partial charge in [0.1, 0.15) is 11.8 Å². The van der Waals surface area contributed by atoms with E-state index in [4.69, 9.17) is 4.42 Å². The number of hydrogen-bond donors (Lipinski definition) is 1. The fraction of sp³-hybridized carbons (Fsp3) is 0.571. The summed E-state index contributed by atoms with van der Waals surface area (Å²) in [6.07, 6.45) is 7.51. The molecule has 0 radical (unpaired) electrons. The summed E-state index contributed by atoms with van der Waals surface area (Å²) in [5, 5.41) is 14.2. The molecule has 3 rings (SSSR count). The minimum absolute atomic E-state index is 0.192. The lowest BCUT2D eigenvalue weighted by Crippen LogP contribution is -2.47. The van der Waals surface area contributed by atoms with E-state index < -0.39 is 0 Å². The van der Waals surface area contributed by atoms with Crippen LogP contribution in [0, 0.1) is 0 Å². The van der Waals surface area contributed by atoms with E-state index in [9.17, 15) is 4.79 Å². The maximum absolute atomic E-state index is 12.1. The molecule has 0 saturated heterocycles. The van der Waals surface area contributed by atoms with E-state index in [1.807, 2.05) is 11.9 Å². The molecule has 2 heterocycles. The third-order valence-electron chi connectivity index (χ3n) is 4.02. The van der Waals surface area contributed by atoms with E-state index in [1.165, 1.54) is 19.1 Å². The zero-order chi connectivity index (χ0) is 14.7. The first-order valence-corrected chi connectivity index (χ1v) is 7.31. The maximum Gasteiger partial charge on any atom is 0.264 e. The third-order valence-corrected chi connectivity index (χ3v) is 4.02. The molecule has 3 atom stereocenters. The van der Waals surface area contributed by atoms with Gasteiger partial charge in [-0.3, -0.25) is 9.80 Å². The van der Waals surface area contributed by atoms with Gasteiger partial charge in [0, 0.05) is 0 Å². The van der Waals surface area contributed by atoms with Crippen molar-refractivity contribution in [1.29, 1.82) is 0 Å². The zero-order valence-electron chi connectivity index (χ0n) is 12.0. The van der Waals surface area contributed by atoms with E-state index >= 15 is 0 Å². The molecule has 2 unspecified atom stereocenters. The van der Waals surface area contributed by atoms with E-state index in [2.05, 4.69) is 20.9 Å². The molecule has 21 heavy (non-hydrogen) atoms. The quantitative estimate of drug-likeness (QED) is 0.680. The van der Waals surface area contributed by atoms with E-state index in [-0.39, 0.29) is 24.0 Å². The van der Waals surface area contributed by atoms with Gasteiger partial charge < -0.3 is 4.42 Å². The molecule has 1 N–H and O–H groups in total. The number of amides is 1. The second-order valence-corrected chi connectivity index (χ2v) is 5.43. The van der Waals surface area contributed by atoms with Crippen LogP contribution < -0.4 is 5.43 Å². The summed E-state index contributed by atoms with van der Waals surface area (Å²) < 4.78 is 5.10. The van der Waals surface area contributed by atoms with Crippen molar-refractivity contribution in [2.45, 2.75) is 50.7 Å². The van der Waals surface area contributed by atoms with E-state index in [0.717, 1.165) is 12.8 Å². The van der Waals surface area contributed by atoms with Gasteiger partial charge in [-0.05, 0) is 31.9 Å². The first-order chi connectivity index (χ1) is 10.3. The lowest BCUT2D eigenvalue weighted by atomic mass is 9.90. The molecule has 0 bridgehead atoms. The first-order valence-electron chi connectivity index (χ1n) is 7.31. The molecule has 1 aliphatic heterocycles. The molecule has 1 aromatic rings. The Hall–Kier alpha value is -2.18. The van der Waals surface area contributed by atoms with Crippen LogP contribution in [0.5, 0.6) is 0 Å². The van der Waals surface area contributed by atoms with Gasteiger partial charge in [0.15, 0.2) is 0 Å². The van der Waals surface area contributed by atoms with Crippen LogP contribution in [-0.2, 0) is 4.79 Å². The van der Waals surface area contributed by atoms with Crippen molar-refractivity contribution >= 4 is 12.1 Å². The first kappa shape index (κ1) is 13.8. The van der Waals surface area contributed by atoms with E-state index in [0.29, 0.717) is 5.76 Å². The Bertz CT molecular complexity index is 540. The molecular formula is C14H19N5O2. The van der Waals surface area contributed by atoms with Gasteiger partial charge in [-0.15, -0.1) is 0 Å². The lowest BCUT2D eigenvalue weighted by molar-refractivity contribution is -0.126. The summed E-state index contributed by atoms with van der Waals surface area (Å²) in [4.78, 5) is 12.1. The normalized spacial score (nSPS) is 26.0. The van der Waals surface area contributed by atoms with E-state index in [1.54, 1.807) is 18.4 Å². The molecule has 0 spiro atoms. The summed E-state index contributed by atoms with van der Waals surface area (Å²) >= 11 is 0. The Morgan fingerprint density at radius 3 is 3.24 bits per heavy atom. The minimum Gasteiger partial charge on any atom is -0.463 e. The molecule has 112 valence electrons. The highest BCUT2D eigenvalue weighted by Crippen LogP contribution is 2.32. The Morgan fingerprint density at radius 1 is 1.57 bits per heavy atom. The van der Waals surface area contributed by atoms with Crippen molar-refractivity contribution in [2.24, 2.45) is 15.4 Å². The predicted molar refractivity (Wildman–Crippen MR) is 76.6 cm³/mol. The number of fused-ring (bicyclic) bond motifs is 1. The van der Waals surface area contributed by atoms with Crippen molar-refractivity contribution in [3.63, 3.8) is 0 Å². The average molecular weight is 289 g/mol. The van der Waals surface area contributed by atoms with Crippen LogP contribution in [0.25, 0.3) is 0 Å². The monoisotopic (exact) mass is 289 g/mol. The molecule has 1 amide bonds. The topological polar surface area (TPSA) is 82.6 Å². The third kappa shape index (κ3) is 2.96. The summed E-state index contributed by atoms with van der Waals surface area (Å²) in [6, 6.07) is 3.66. The Balaban J connectivity index is 1.56. The lowest BCUT2D eigenvalue weighted by Gasteiger charge is -2.31. The van der Waals surface area contributed by atoms with Gasteiger partial charge in [0.25, 0.3) is 5.91 Å². The fourth-order valence-electron chi connectivity index (χ4n) is 2.83. The number of furan rings is 1. The maximum atomic E-state index is 12.1. The highest BCUT2D eigenvalue weighted by atomic mass is 16.3. The molecule has 7 nitrogen and oxygen atoms in total. The molecule has 2 aliphatic rings. The molecule has 7 heteroatoms. The molecule has 1 aromatic heterocycles. The second-order valence-electron chi connectivity index (χ2n) is 5.43. The largest absolute Gasteiger partial charge is 0.463 e. The molecule has 0 aromatic carbocycles. The van der Waals surface area contributed by atoms with Gasteiger partial charge in [-0.25, -0.2) is 5.43 Å². The summed E-state index contributed by atoms with van der Waals surface area (Å²) in [6.45, 7) is 1.83. The summed E-state index contributed by atoms with van der Waals surface area (Å²) in [5.74, 6) is 0.402. The number of carbonyl (C=O) groups is 1. The molecule has 1 saturated carbocycles. The van der Waals surface area contributed by atoms with Gasteiger partial charge >= 0.3 is 0 Å². The standard InChI is InChI=1S/C14H19N5O2/c1-10(14(20)17-15-9-11-5-4-8-21-11)19-13-7-3-2-6-12(13)16-18-19/h4-5,8-10,12-13H,2-3,6-7H2,1H3,(H,17,20)/b15-9+/t10?,12-,13?/m0/s1. The van der Waals surface area contributed by atoms with Crippen LogP contribution in [0.15, 0.2) is 38.3 Å². The molecular weight excluding hydrogens is 270 g/mol. The number of rotatable bonds is 4. The fourth-order valence-corrected chi connectivity index (χ4v) is 2.83. The van der Waals surface area contributed by atoms with Crippen LogP contribution in [-0.4, -0.2) is 35.3 Å².